The van der Waals surface area contributed by atoms with Gasteiger partial charge in [-0.3, -0.25) is 4.68 Å². The largest absolute Gasteiger partial charge is 0.331 e. The first-order chi connectivity index (χ1) is 11.5. The smallest absolute Gasteiger partial charge is 0.318 e. The molecule has 2 aromatic rings. The monoisotopic (exact) mass is 346 g/mol. The Labute approximate surface area is 147 Å². The lowest BCUT2D eigenvalue weighted by Gasteiger charge is -2.23. The van der Waals surface area contributed by atoms with Gasteiger partial charge in [-0.05, 0) is 44.7 Å². The van der Waals surface area contributed by atoms with Crippen molar-refractivity contribution in [2.45, 2.75) is 52.6 Å². The van der Waals surface area contributed by atoms with Gasteiger partial charge in [0.15, 0.2) is 0 Å². The van der Waals surface area contributed by atoms with E-state index in [0.29, 0.717) is 6.54 Å². The van der Waals surface area contributed by atoms with Crippen LogP contribution in [0.3, 0.4) is 0 Å². The Morgan fingerprint density at radius 3 is 3.00 bits per heavy atom. The average Bonchev–Trinajstić information content (AvgIpc) is 3.01. The number of carbonyl (C=O) groups is 1. The predicted molar refractivity (Wildman–Crippen MR) is 97.3 cm³/mol. The van der Waals surface area contributed by atoms with Crippen LogP contribution in [0.2, 0.25) is 0 Å². The highest BCUT2D eigenvalue weighted by molar-refractivity contribution is 7.12. The lowest BCUT2D eigenvalue weighted by atomic mass is 10.2. The minimum absolute atomic E-state index is 0.0169. The molecule has 0 aliphatic carbocycles. The van der Waals surface area contributed by atoms with Crippen molar-refractivity contribution in [3.63, 3.8) is 0 Å². The topological polar surface area (TPSA) is 50.2 Å². The molecule has 0 radical (unpaired) electrons. The molecule has 3 rings (SSSR count). The summed E-state index contributed by atoms with van der Waals surface area (Å²) in [5, 5.41) is 7.49. The molecule has 0 saturated heterocycles. The number of nitrogens with zero attached hydrogens (tertiary/aromatic N) is 3. The molecule has 0 bridgehead atoms. The quantitative estimate of drug-likeness (QED) is 0.924. The number of urea groups is 1. The molecule has 0 aromatic carbocycles. The highest BCUT2D eigenvalue weighted by Gasteiger charge is 2.23. The van der Waals surface area contributed by atoms with Gasteiger partial charge < -0.3 is 10.2 Å². The van der Waals surface area contributed by atoms with Crippen molar-refractivity contribution in [2.75, 3.05) is 6.54 Å². The minimum Gasteiger partial charge on any atom is -0.331 e. The number of hydrogen-bond donors (Lipinski definition) is 1. The molecule has 0 spiro atoms. The number of thiophene rings is 1. The van der Waals surface area contributed by atoms with E-state index in [0.717, 1.165) is 31.4 Å². The van der Waals surface area contributed by atoms with Crippen LogP contribution >= 0.6 is 11.3 Å². The molecular formula is C18H26N4OS. The Hall–Kier alpha value is -1.82. The van der Waals surface area contributed by atoms with Gasteiger partial charge in [-0.15, -0.1) is 11.3 Å². The van der Waals surface area contributed by atoms with Crippen LogP contribution in [0.15, 0.2) is 12.3 Å². The predicted octanol–water partition coefficient (Wildman–Crippen LogP) is 3.57. The molecule has 2 amide bonds. The third kappa shape index (κ3) is 3.34. The third-order valence-corrected chi connectivity index (χ3v) is 6.33. The van der Waals surface area contributed by atoms with Gasteiger partial charge in [0.2, 0.25) is 0 Å². The van der Waals surface area contributed by atoms with Gasteiger partial charge in [-0.25, -0.2) is 4.79 Å². The molecule has 24 heavy (non-hydrogen) atoms. The summed E-state index contributed by atoms with van der Waals surface area (Å²) in [6.45, 7) is 7.82. The first-order valence-electron chi connectivity index (χ1n) is 8.64. The van der Waals surface area contributed by atoms with Gasteiger partial charge in [0.05, 0.1) is 18.8 Å². The van der Waals surface area contributed by atoms with E-state index in [1.807, 2.05) is 22.8 Å². The molecule has 1 aliphatic heterocycles. The summed E-state index contributed by atoms with van der Waals surface area (Å²) in [5.74, 6) is 0. The van der Waals surface area contributed by atoms with Crippen molar-refractivity contribution in [1.29, 1.82) is 0 Å². The van der Waals surface area contributed by atoms with Crippen molar-refractivity contribution in [3.8, 4) is 0 Å². The minimum atomic E-state index is 0.0169. The van der Waals surface area contributed by atoms with Crippen LogP contribution < -0.4 is 5.32 Å². The average molecular weight is 347 g/mol. The maximum Gasteiger partial charge on any atom is 0.318 e. The third-order valence-electron chi connectivity index (χ3n) is 4.77. The summed E-state index contributed by atoms with van der Waals surface area (Å²) in [6.07, 6.45) is 4.90. The molecule has 1 N–H and O–H groups in total. The van der Waals surface area contributed by atoms with Crippen molar-refractivity contribution in [3.05, 3.63) is 38.8 Å². The molecule has 5 nitrogen and oxygen atoms in total. The van der Waals surface area contributed by atoms with Gasteiger partial charge in [0.1, 0.15) is 0 Å². The normalized spacial score (nSPS) is 15.8. The van der Waals surface area contributed by atoms with E-state index in [2.05, 4.69) is 37.3 Å². The number of aromatic nitrogens is 2. The summed E-state index contributed by atoms with van der Waals surface area (Å²) in [4.78, 5) is 17.2. The Bertz CT molecular complexity index is 733. The number of rotatable bonds is 3. The van der Waals surface area contributed by atoms with E-state index in [4.69, 9.17) is 0 Å². The zero-order chi connectivity index (χ0) is 17.3. The maximum atomic E-state index is 12.7. The first kappa shape index (κ1) is 17.0. The second-order valence-corrected chi connectivity index (χ2v) is 7.71. The maximum absolute atomic E-state index is 12.7. The lowest BCUT2D eigenvalue weighted by Crippen LogP contribution is -2.40. The highest BCUT2D eigenvalue weighted by Crippen LogP contribution is 2.28. The van der Waals surface area contributed by atoms with Crippen LogP contribution in [0.1, 0.15) is 52.9 Å². The van der Waals surface area contributed by atoms with Crippen LogP contribution in [0, 0.1) is 6.92 Å². The van der Waals surface area contributed by atoms with Gasteiger partial charge in [0, 0.05) is 34.6 Å². The Morgan fingerprint density at radius 2 is 2.29 bits per heavy atom. The molecular weight excluding hydrogens is 320 g/mol. The summed E-state index contributed by atoms with van der Waals surface area (Å²) < 4.78 is 1.93. The van der Waals surface area contributed by atoms with E-state index in [9.17, 15) is 4.79 Å². The van der Waals surface area contributed by atoms with E-state index >= 15 is 0 Å². The van der Waals surface area contributed by atoms with Crippen molar-refractivity contribution in [1.82, 2.24) is 20.0 Å². The molecule has 1 aliphatic rings. The standard InChI is InChI=1S/C18H26N4OS/c1-5-16-12(2)9-17(24-16)13(3)20-18(23)22-8-6-7-15-14(11-22)10-19-21(15)4/h9-10,13H,5-8,11H2,1-4H3,(H,20,23). The van der Waals surface area contributed by atoms with Crippen LogP contribution in [0.5, 0.6) is 0 Å². The van der Waals surface area contributed by atoms with Gasteiger partial charge in [0.25, 0.3) is 0 Å². The van der Waals surface area contributed by atoms with Gasteiger partial charge in [-0.2, -0.15) is 5.10 Å². The fourth-order valence-corrected chi connectivity index (χ4v) is 4.44. The van der Waals surface area contributed by atoms with Gasteiger partial charge in [-0.1, -0.05) is 6.92 Å². The highest BCUT2D eigenvalue weighted by atomic mass is 32.1. The molecule has 2 aromatic heterocycles. The number of nitrogens with one attached hydrogen (secondary N) is 1. The molecule has 0 saturated carbocycles. The first-order valence-corrected chi connectivity index (χ1v) is 9.45. The summed E-state index contributed by atoms with van der Waals surface area (Å²) in [6, 6.07) is 2.26. The summed E-state index contributed by atoms with van der Waals surface area (Å²) in [7, 11) is 1.97. The molecule has 130 valence electrons. The van der Waals surface area contributed by atoms with Crippen molar-refractivity contribution >= 4 is 17.4 Å². The summed E-state index contributed by atoms with van der Waals surface area (Å²) in [5.41, 5.74) is 3.74. The SMILES string of the molecule is CCc1sc(C(C)NC(=O)N2CCCc3c(cnn3C)C2)cc1C. The Kier molecular flexibility index (Phi) is 4.94. The van der Waals surface area contributed by atoms with Crippen molar-refractivity contribution in [2.24, 2.45) is 7.05 Å². The molecule has 3 heterocycles. The molecule has 1 atom stereocenters. The van der Waals surface area contributed by atoms with Crippen LogP contribution in [-0.2, 0) is 26.4 Å². The zero-order valence-corrected chi connectivity index (χ0v) is 15.7. The van der Waals surface area contributed by atoms with E-state index in [1.165, 1.54) is 21.0 Å². The van der Waals surface area contributed by atoms with Gasteiger partial charge >= 0.3 is 6.03 Å². The number of fused-ring (bicyclic) bond motifs is 1. The van der Waals surface area contributed by atoms with Crippen LogP contribution in [-0.4, -0.2) is 27.3 Å². The summed E-state index contributed by atoms with van der Waals surface area (Å²) >= 11 is 1.81. The van der Waals surface area contributed by atoms with Crippen LogP contribution in [0.4, 0.5) is 4.79 Å². The number of aryl methyl sites for hydroxylation is 3. The van der Waals surface area contributed by atoms with Crippen LogP contribution in [0.25, 0.3) is 0 Å². The Morgan fingerprint density at radius 1 is 1.50 bits per heavy atom. The second kappa shape index (κ2) is 6.97. The number of hydrogen-bond acceptors (Lipinski definition) is 3. The van der Waals surface area contributed by atoms with E-state index in [1.54, 1.807) is 11.3 Å². The lowest BCUT2D eigenvalue weighted by molar-refractivity contribution is 0.193. The Balaban J connectivity index is 1.67. The molecule has 1 unspecified atom stereocenters. The number of carbonyl (C=O) groups excluding carboxylic acids is 1. The number of amides is 2. The fourth-order valence-electron chi connectivity index (χ4n) is 3.32. The van der Waals surface area contributed by atoms with E-state index in [-0.39, 0.29) is 12.1 Å². The van der Waals surface area contributed by atoms with E-state index < -0.39 is 0 Å². The molecule has 6 heteroatoms. The molecule has 0 fully saturated rings. The second-order valence-electron chi connectivity index (χ2n) is 6.54. The fraction of sp³-hybridized carbons (Fsp3) is 0.556. The van der Waals surface area contributed by atoms with Crippen molar-refractivity contribution < 1.29 is 4.79 Å². The zero-order valence-electron chi connectivity index (χ0n) is 14.9.